The number of alkyl halides is 3. The van der Waals surface area contributed by atoms with Crippen molar-refractivity contribution in [2.75, 3.05) is 16.8 Å². The molecule has 1 saturated heterocycles. The highest BCUT2D eigenvalue weighted by Crippen LogP contribution is 2.32. The Balaban J connectivity index is 1.73. The molecule has 196 valence electrons. The zero-order valence-electron chi connectivity index (χ0n) is 19.9. The third-order valence-corrected chi connectivity index (χ3v) is 8.14. The van der Waals surface area contributed by atoms with Crippen molar-refractivity contribution in [3.63, 3.8) is 0 Å². The van der Waals surface area contributed by atoms with Crippen molar-refractivity contribution in [1.82, 2.24) is 20.1 Å². The Kier molecular flexibility index (Phi) is 6.57. The Morgan fingerprint density at radius 3 is 2.43 bits per heavy atom. The average molecular weight is 555 g/mol. The van der Waals surface area contributed by atoms with Gasteiger partial charge in [-0.1, -0.05) is 17.7 Å². The molecule has 1 fully saturated rings. The number of halogens is 4. The quantitative estimate of drug-likeness (QED) is 0.431. The van der Waals surface area contributed by atoms with Gasteiger partial charge in [-0.15, -0.1) is 0 Å². The van der Waals surface area contributed by atoms with E-state index in [-0.39, 0.29) is 33.6 Å². The highest BCUT2D eigenvalue weighted by molar-refractivity contribution is 7.94. The monoisotopic (exact) mass is 554 g/mol. The Morgan fingerprint density at radius 1 is 1.16 bits per heavy atom. The third-order valence-electron chi connectivity index (χ3n) is 5.72. The topological polar surface area (TPSA) is 130 Å². The molecule has 0 radical (unpaired) electrons. The van der Waals surface area contributed by atoms with Crippen molar-refractivity contribution < 1.29 is 27.0 Å². The molecular formula is C23H22ClF3N6O3S. The van der Waals surface area contributed by atoms with Crippen LogP contribution in [0.15, 0.2) is 36.5 Å². The molecule has 3 aromatic rings. The van der Waals surface area contributed by atoms with E-state index in [1.54, 1.807) is 32.9 Å². The molecule has 37 heavy (non-hydrogen) atoms. The summed E-state index contributed by atoms with van der Waals surface area (Å²) in [5.41, 5.74) is -1.77. The van der Waals surface area contributed by atoms with Gasteiger partial charge in [0.2, 0.25) is 0 Å². The van der Waals surface area contributed by atoms with Crippen molar-refractivity contribution in [2.45, 2.75) is 32.5 Å². The van der Waals surface area contributed by atoms with E-state index >= 15 is 0 Å². The molecule has 2 amide bonds. The summed E-state index contributed by atoms with van der Waals surface area (Å²) in [5.74, 6) is -1.64. The minimum Gasteiger partial charge on any atom is -0.345 e. The Hall–Kier alpha value is -3.45. The van der Waals surface area contributed by atoms with Gasteiger partial charge in [0.15, 0.2) is 11.5 Å². The van der Waals surface area contributed by atoms with Crippen LogP contribution in [-0.4, -0.2) is 47.8 Å². The van der Waals surface area contributed by atoms with Gasteiger partial charge in [0.1, 0.15) is 5.69 Å². The molecule has 0 spiro atoms. The van der Waals surface area contributed by atoms with Gasteiger partial charge >= 0.3 is 6.18 Å². The van der Waals surface area contributed by atoms with Crippen LogP contribution in [0.1, 0.15) is 44.6 Å². The SMILES string of the molecule is Cc1cccnc1-n1nc(C(F)(F)F)cc1C(=O)Nc1c(C)cc(Cl)cc1C(=O)NC1(C)CS(=N)(=O)C1. The number of nitrogens with zero attached hydrogens (tertiary/aromatic N) is 3. The zero-order valence-corrected chi connectivity index (χ0v) is 21.4. The van der Waals surface area contributed by atoms with Crippen LogP contribution < -0.4 is 10.6 Å². The predicted molar refractivity (Wildman–Crippen MR) is 132 cm³/mol. The van der Waals surface area contributed by atoms with Crippen LogP contribution in [0.25, 0.3) is 5.82 Å². The second-order valence-corrected chi connectivity index (χ2v) is 11.8. The third kappa shape index (κ3) is 5.47. The summed E-state index contributed by atoms with van der Waals surface area (Å²) in [6.45, 7) is 4.83. The fraction of sp³-hybridized carbons (Fsp3) is 0.304. The van der Waals surface area contributed by atoms with Gasteiger partial charge < -0.3 is 10.6 Å². The van der Waals surface area contributed by atoms with E-state index < -0.39 is 44.6 Å². The molecule has 14 heteroatoms. The fourth-order valence-corrected chi connectivity index (χ4v) is 6.60. The standard InChI is InChI=1S/C23H22ClF3N6O3S/c1-12-5-4-6-29-19(12)33-16(9-17(32-33)23(25,26)27)21(35)30-18-13(2)7-14(24)8-15(18)20(34)31-22(3)10-37(28,36)11-22/h4-9,28H,10-11H2,1-3H3,(H,30,35)(H,31,34). The Bertz CT molecular complexity index is 1520. The first-order chi connectivity index (χ1) is 17.1. The zero-order chi connectivity index (χ0) is 27.3. The van der Waals surface area contributed by atoms with E-state index in [1.165, 1.54) is 18.3 Å². The van der Waals surface area contributed by atoms with E-state index in [2.05, 4.69) is 20.7 Å². The van der Waals surface area contributed by atoms with Crippen molar-refractivity contribution in [3.8, 4) is 5.82 Å². The van der Waals surface area contributed by atoms with Crippen LogP contribution in [0.3, 0.4) is 0 Å². The van der Waals surface area contributed by atoms with E-state index in [0.29, 0.717) is 17.2 Å². The number of carbonyl (C=O) groups is 2. The van der Waals surface area contributed by atoms with Gasteiger partial charge in [-0.3, -0.25) is 14.4 Å². The van der Waals surface area contributed by atoms with E-state index in [4.69, 9.17) is 16.4 Å². The molecule has 1 aliphatic rings. The first-order valence-electron chi connectivity index (χ1n) is 10.9. The van der Waals surface area contributed by atoms with Crippen molar-refractivity contribution in [1.29, 1.82) is 4.78 Å². The van der Waals surface area contributed by atoms with E-state index in [9.17, 15) is 27.0 Å². The first-order valence-corrected chi connectivity index (χ1v) is 13.1. The molecule has 0 aliphatic carbocycles. The number of anilines is 1. The largest absolute Gasteiger partial charge is 0.435 e. The smallest absolute Gasteiger partial charge is 0.345 e. The van der Waals surface area contributed by atoms with Crippen LogP contribution in [0.4, 0.5) is 18.9 Å². The summed E-state index contributed by atoms with van der Waals surface area (Å²) in [7, 11) is -2.76. The lowest BCUT2D eigenvalue weighted by Crippen LogP contribution is -2.63. The summed E-state index contributed by atoms with van der Waals surface area (Å²) in [6.07, 6.45) is -3.46. The number of hydrogen-bond acceptors (Lipinski definition) is 6. The lowest BCUT2D eigenvalue weighted by atomic mass is 10.0. The highest BCUT2D eigenvalue weighted by Gasteiger charge is 2.43. The Morgan fingerprint density at radius 2 is 1.84 bits per heavy atom. The van der Waals surface area contributed by atoms with Crippen molar-refractivity contribution >= 4 is 38.8 Å². The minimum absolute atomic E-state index is 0.0282. The maximum Gasteiger partial charge on any atom is 0.435 e. The highest BCUT2D eigenvalue weighted by atomic mass is 35.5. The molecule has 0 atom stereocenters. The predicted octanol–water partition coefficient (Wildman–Crippen LogP) is 4.36. The lowest BCUT2D eigenvalue weighted by Gasteiger charge is -2.40. The molecule has 4 rings (SSSR count). The van der Waals surface area contributed by atoms with E-state index in [1.807, 2.05) is 0 Å². The van der Waals surface area contributed by atoms with Crippen LogP contribution in [0.2, 0.25) is 5.02 Å². The average Bonchev–Trinajstić information content (AvgIpc) is 3.20. The second-order valence-electron chi connectivity index (χ2n) is 9.18. The van der Waals surface area contributed by atoms with Gasteiger partial charge in [-0.25, -0.2) is 13.9 Å². The summed E-state index contributed by atoms with van der Waals surface area (Å²) in [4.78, 5) is 30.5. The molecular weight excluding hydrogens is 533 g/mol. The van der Waals surface area contributed by atoms with Crippen LogP contribution in [-0.2, 0) is 15.9 Å². The van der Waals surface area contributed by atoms with Crippen LogP contribution in [0, 0.1) is 18.6 Å². The van der Waals surface area contributed by atoms with Gasteiger partial charge in [0, 0.05) is 27.0 Å². The molecule has 2 aromatic heterocycles. The fourth-order valence-electron chi connectivity index (χ4n) is 4.21. The van der Waals surface area contributed by atoms with Crippen molar-refractivity contribution in [3.05, 3.63) is 69.6 Å². The number of carbonyl (C=O) groups excluding carboxylic acids is 2. The van der Waals surface area contributed by atoms with Gasteiger partial charge in [-0.2, -0.15) is 18.3 Å². The summed E-state index contributed by atoms with van der Waals surface area (Å²) in [5, 5.41) is 9.01. The minimum atomic E-state index is -4.82. The summed E-state index contributed by atoms with van der Waals surface area (Å²) in [6, 6.07) is 6.60. The van der Waals surface area contributed by atoms with Crippen molar-refractivity contribution in [2.24, 2.45) is 0 Å². The maximum atomic E-state index is 13.5. The number of aryl methyl sites for hydroxylation is 2. The lowest BCUT2D eigenvalue weighted by molar-refractivity contribution is -0.141. The number of benzene rings is 1. The maximum absolute atomic E-state index is 13.5. The van der Waals surface area contributed by atoms with Gasteiger partial charge in [0.25, 0.3) is 11.8 Å². The van der Waals surface area contributed by atoms with Crippen LogP contribution in [0.5, 0.6) is 0 Å². The first kappa shape index (κ1) is 26.6. The molecule has 1 aromatic carbocycles. The molecule has 0 saturated carbocycles. The summed E-state index contributed by atoms with van der Waals surface area (Å²) < 4.78 is 60.7. The number of nitrogens with one attached hydrogen (secondary N) is 3. The molecule has 3 heterocycles. The molecule has 3 N–H and O–H groups in total. The molecule has 0 bridgehead atoms. The second kappa shape index (κ2) is 9.14. The normalized spacial score (nSPS) is 21.3. The number of pyridine rings is 1. The Labute approximate surface area is 215 Å². The number of rotatable bonds is 5. The molecule has 0 unspecified atom stereocenters. The molecule has 9 nitrogen and oxygen atoms in total. The van der Waals surface area contributed by atoms with Gasteiger partial charge in [-0.05, 0) is 50.1 Å². The number of hydrogen-bond donors (Lipinski definition) is 3. The number of amides is 2. The summed E-state index contributed by atoms with van der Waals surface area (Å²) >= 11 is 6.14. The molecule has 1 aliphatic heterocycles. The van der Waals surface area contributed by atoms with E-state index in [0.717, 1.165) is 4.68 Å². The number of aromatic nitrogens is 3. The van der Waals surface area contributed by atoms with Crippen LogP contribution >= 0.6 is 11.6 Å². The van der Waals surface area contributed by atoms with Gasteiger partial charge in [0.05, 0.1) is 28.3 Å².